The summed E-state index contributed by atoms with van der Waals surface area (Å²) in [7, 11) is 0. The number of thiophene rings is 1. The molecule has 94 heavy (non-hydrogen) atoms. The van der Waals surface area contributed by atoms with E-state index in [1.807, 2.05) is 11.3 Å². The molecule has 8 aromatic heterocycles. The number of hydrogen-bond donors (Lipinski definition) is 0. The molecule has 0 saturated carbocycles. The monoisotopic (exact) mass is 1210 g/mol. The first-order chi connectivity index (χ1) is 46.7. The number of rotatable bonds is 3. The van der Waals surface area contributed by atoms with Gasteiger partial charge in [-0.1, -0.05) is 188 Å². The predicted molar refractivity (Wildman–Crippen MR) is 395 cm³/mol. The maximum Gasteiger partial charge on any atom is 0.332 e. The second kappa shape index (κ2) is 17.1. The molecule has 0 unspecified atom stereocenters. The smallest absolute Gasteiger partial charge is 0.332 e. The fourth-order valence-corrected chi connectivity index (χ4v) is 19.3. The molecule has 10 heteroatoms. The van der Waals surface area contributed by atoms with Gasteiger partial charge in [-0.05, 0) is 112 Å². The van der Waals surface area contributed by atoms with Gasteiger partial charge >= 0.3 is 13.7 Å². The molecule has 14 aromatic carbocycles. The normalized spacial score (nSPS) is 13.3. The van der Waals surface area contributed by atoms with E-state index in [1.165, 1.54) is 113 Å². The van der Waals surface area contributed by atoms with Crippen molar-refractivity contribution in [3.63, 3.8) is 0 Å². The van der Waals surface area contributed by atoms with Gasteiger partial charge in [-0.2, -0.15) is 0 Å². The molecule has 10 heterocycles. The number of para-hydroxylation sites is 8. The van der Waals surface area contributed by atoms with Gasteiger partial charge in [0, 0.05) is 113 Å². The first-order valence-corrected chi connectivity index (χ1v) is 33.2. The first-order valence-electron chi connectivity index (χ1n) is 32.4. The van der Waals surface area contributed by atoms with E-state index >= 15 is 0 Å². The summed E-state index contributed by atoms with van der Waals surface area (Å²) >= 11 is 1.92. The number of fused-ring (bicyclic) bond motifs is 32. The molecule has 0 atom stereocenters. The topological polar surface area (TPSA) is 59.1 Å². The Morgan fingerprint density at radius 3 is 1.39 bits per heavy atom. The van der Waals surface area contributed by atoms with Crippen molar-refractivity contribution < 1.29 is 13.3 Å². The van der Waals surface area contributed by atoms with E-state index in [0.717, 1.165) is 104 Å². The van der Waals surface area contributed by atoms with Gasteiger partial charge < -0.3 is 31.3 Å². The largest absolute Gasteiger partial charge is 0.455 e. The average Bonchev–Trinajstić information content (AvgIpc) is 1.53. The van der Waals surface area contributed by atoms with Crippen LogP contribution in [0.4, 0.5) is 0 Å². The molecule has 0 radical (unpaired) electrons. The molecule has 0 bridgehead atoms. The summed E-state index contributed by atoms with van der Waals surface area (Å²) in [5, 5.41) is 18.9. The minimum absolute atomic E-state index is 0.141. The van der Waals surface area contributed by atoms with E-state index in [9.17, 15) is 0 Å². The van der Waals surface area contributed by atoms with Gasteiger partial charge in [0.2, 0.25) is 0 Å². The zero-order valence-corrected chi connectivity index (χ0v) is 50.8. The van der Waals surface area contributed by atoms with E-state index in [-0.39, 0.29) is 13.7 Å². The van der Waals surface area contributed by atoms with Crippen LogP contribution in [0.5, 0.6) is 0 Å². The molecule has 22 aromatic rings. The van der Waals surface area contributed by atoms with Crippen LogP contribution in [0.3, 0.4) is 0 Å². The van der Waals surface area contributed by atoms with Gasteiger partial charge in [-0.3, -0.25) is 0 Å². The van der Waals surface area contributed by atoms with Crippen molar-refractivity contribution in [1.82, 2.24) is 18.1 Å². The fraction of sp³-hybridized carbons (Fsp3) is 0. The molecule has 24 rings (SSSR count). The van der Waals surface area contributed by atoms with Crippen LogP contribution in [0.1, 0.15) is 0 Å². The Morgan fingerprint density at radius 2 is 0.723 bits per heavy atom. The SMILES string of the molecule is c1ccc2c(c1)B(n1c3cccc(-c4ccc5c(c4)sc4c5ccc5c4c4cccc6c4n5-c4ccccc4B6n4c5ccccc5c5ccc6c7ccccc7oc6c54)c3c3ccc4c5ccccc5oc4c31)c1cccc3c4c5oc6ccccc6c5ccc4n-2c13. The minimum atomic E-state index is -0.222. The van der Waals surface area contributed by atoms with Crippen LogP contribution in [0, 0.1) is 0 Å². The van der Waals surface area contributed by atoms with Crippen molar-refractivity contribution in [2.75, 3.05) is 0 Å². The Kier molecular flexibility index (Phi) is 8.90. The van der Waals surface area contributed by atoms with Crippen molar-refractivity contribution >= 4 is 220 Å². The van der Waals surface area contributed by atoms with E-state index in [2.05, 4.69) is 285 Å². The number of nitrogens with zero attached hydrogens (tertiary/aromatic N) is 4. The molecule has 0 saturated heterocycles. The van der Waals surface area contributed by atoms with Crippen LogP contribution in [-0.2, 0) is 0 Å². The third-order valence-corrected chi connectivity index (χ3v) is 22.8. The molecule has 0 N–H and O–H groups in total. The van der Waals surface area contributed by atoms with E-state index in [0.29, 0.717) is 0 Å². The molecule has 0 amide bonds. The highest BCUT2D eigenvalue weighted by atomic mass is 32.1. The second-order valence-electron chi connectivity index (χ2n) is 26.0. The molecular weight excluding hydrogens is 1170 g/mol. The van der Waals surface area contributed by atoms with Crippen LogP contribution in [0.25, 0.3) is 196 Å². The summed E-state index contributed by atoms with van der Waals surface area (Å²) in [6.45, 7) is -0.363. The molecule has 7 nitrogen and oxygen atoms in total. The Bertz CT molecular complexity index is 7280. The maximum atomic E-state index is 7.17. The summed E-state index contributed by atoms with van der Waals surface area (Å²) < 4.78 is 33.8. The van der Waals surface area contributed by atoms with Gasteiger partial charge in [0.05, 0.1) is 38.5 Å². The highest BCUT2D eigenvalue weighted by Gasteiger charge is 2.40. The maximum absolute atomic E-state index is 7.17. The van der Waals surface area contributed by atoms with Gasteiger partial charge in [0.25, 0.3) is 0 Å². The van der Waals surface area contributed by atoms with Crippen LogP contribution in [0.15, 0.2) is 280 Å². The number of furan rings is 3. The first kappa shape index (κ1) is 48.8. The molecule has 430 valence electrons. The van der Waals surface area contributed by atoms with Crippen molar-refractivity contribution in [2.24, 2.45) is 0 Å². The number of hydrogen-bond acceptors (Lipinski definition) is 4. The molecule has 0 aliphatic carbocycles. The molecule has 0 fully saturated rings. The van der Waals surface area contributed by atoms with Crippen LogP contribution in [0.2, 0.25) is 0 Å². The Morgan fingerprint density at radius 1 is 0.277 bits per heavy atom. The lowest BCUT2D eigenvalue weighted by atomic mass is 9.48. The highest BCUT2D eigenvalue weighted by Crippen LogP contribution is 2.49. The molecule has 2 aliphatic rings. The fourth-order valence-electron chi connectivity index (χ4n) is 18.0. The minimum Gasteiger partial charge on any atom is -0.455 e. The number of benzene rings is 14. The van der Waals surface area contributed by atoms with Gasteiger partial charge in [0.15, 0.2) is 11.2 Å². The number of aromatic nitrogens is 4. The lowest BCUT2D eigenvalue weighted by Crippen LogP contribution is -2.53. The van der Waals surface area contributed by atoms with Crippen LogP contribution < -0.4 is 21.9 Å². The van der Waals surface area contributed by atoms with Gasteiger partial charge in [-0.15, -0.1) is 11.3 Å². The summed E-state index contributed by atoms with van der Waals surface area (Å²) in [5.74, 6) is 0. The Balaban J connectivity index is 0.737. The van der Waals surface area contributed by atoms with E-state index in [4.69, 9.17) is 13.3 Å². The van der Waals surface area contributed by atoms with Crippen molar-refractivity contribution in [2.45, 2.75) is 0 Å². The summed E-state index contributed by atoms with van der Waals surface area (Å²) in [5.41, 5.74) is 24.4. The third kappa shape index (κ3) is 5.82. The van der Waals surface area contributed by atoms with E-state index in [1.54, 1.807) is 0 Å². The summed E-state index contributed by atoms with van der Waals surface area (Å²) in [4.78, 5) is 0. The molecular formula is C84H44B2N4O3S. The lowest BCUT2D eigenvalue weighted by molar-refractivity contribution is 0.671. The van der Waals surface area contributed by atoms with Crippen LogP contribution in [-0.4, -0.2) is 31.8 Å². The summed E-state index contributed by atoms with van der Waals surface area (Å²) in [6, 6.07) is 99.0. The van der Waals surface area contributed by atoms with Crippen molar-refractivity contribution in [3.8, 4) is 22.5 Å². The lowest BCUT2D eigenvalue weighted by Gasteiger charge is -2.28. The third-order valence-electron chi connectivity index (χ3n) is 21.7. The second-order valence-corrected chi connectivity index (χ2v) is 27.0. The standard InChI is InChI=1S/C84H44B2N4O3S/c1-7-27-64-47(16-1)52-36-37-54-49-18-3-11-32-71(49)92-82(54)79(52)89(64)85-60-23-5-9-29-66(60)88-68-43-41-56-51-35-34-45(44-73(51)94-84(56)76(68)58-22-14-26-63(85)78(58)88)46-20-15-30-69-74(46)59-39-38-55-50-19-4-12-33-72(50)93-83(55)80(59)90(69)86-61-24-6-8-28-65(61)87-67-42-40-53-48-17-2-10-31-70(48)91-81(53)75(67)57-21-13-25-62(86)77(57)87/h1-44H. The Hall–Kier alpha value is -12.0. The zero-order chi connectivity index (χ0) is 60.5. The highest BCUT2D eigenvalue weighted by molar-refractivity contribution is 7.26. The van der Waals surface area contributed by atoms with E-state index < -0.39 is 0 Å². The van der Waals surface area contributed by atoms with Crippen molar-refractivity contribution in [1.29, 1.82) is 0 Å². The van der Waals surface area contributed by atoms with Gasteiger partial charge in [-0.25, -0.2) is 0 Å². The summed E-state index contributed by atoms with van der Waals surface area (Å²) in [6.07, 6.45) is 0. The predicted octanol–water partition coefficient (Wildman–Crippen LogP) is 19.8. The molecule has 0 spiro atoms. The average molecular weight is 1210 g/mol. The zero-order valence-electron chi connectivity index (χ0n) is 50.0. The molecule has 2 aliphatic heterocycles. The van der Waals surface area contributed by atoms with Crippen LogP contribution >= 0.6 is 11.3 Å². The van der Waals surface area contributed by atoms with Crippen molar-refractivity contribution in [3.05, 3.63) is 267 Å². The van der Waals surface area contributed by atoms with Gasteiger partial charge in [0.1, 0.15) is 22.3 Å². The quantitative estimate of drug-likeness (QED) is 0.166. The Labute approximate surface area is 537 Å².